The number of pyridine rings is 2. The van der Waals surface area contributed by atoms with Crippen LogP contribution in [0.3, 0.4) is 0 Å². The maximum atomic E-state index is 12.6. The van der Waals surface area contributed by atoms with Crippen LogP contribution in [0.1, 0.15) is 40.6 Å². The van der Waals surface area contributed by atoms with Crippen molar-refractivity contribution in [2.45, 2.75) is 25.3 Å². The van der Waals surface area contributed by atoms with Crippen molar-refractivity contribution in [3.8, 4) is 0 Å². The third-order valence-electron chi connectivity index (χ3n) is 5.32. The van der Waals surface area contributed by atoms with Crippen molar-refractivity contribution in [1.29, 1.82) is 0 Å². The van der Waals surface area contributed by atoms with Gasteiger partial charge in [0.25, 0.3) is 5.91 Å². The van der Waals surface area contributed by atoms with Crippen LogP contribution in [0.25, 0.3) is 0 Å². The molecule has 0 bridgehead atoms. The number of rotatable bonds is 5. The monoisotopic (exact) mass is 390 g/mol. The molecule has 7 nitrogen and oxygen atoms in total. The van der Waals surface area contributed by atoms with Crippen molar-refractivity contribution in [2.24, 2.45) is 0 Å². The molecule has 3 aromatic rings. The largest absolute Gasteiger partial charge is 0.355 e. The number of amides is 1. The summed E-state index contributed by atoms with van der Waals surface area (Å²) in [6.45, 7) is 2.40. The number of hydrogen-bond acceptors (Lipinski definition) is 5. The predicted octanol–water partition coefficient (Wildman–Crippen LogP) is 2.81. The summed E-state index contributed by atoms with van der Waals surface area (Å²) in [7, 11) is 3.54. The second-order valence-electron chi connectivity index (χ2n) is 7.59. The number of imidazole rings is 1. The van der Waals surface area contributed by atoms with E-state index in [1.165, 1.54) is 0 Å². The first-order valence-corrected chi connectivity index (χ1v) is 9.96. The van der Waals surface area contributed by atoms with Gasteiger partial charge in [-0.3, -0.25) is 9.78 Å². The van der Waals surface area contributed by atoms with Crippen molar-refractivity contribution in [3.63, 3.8) is 0 Å². The molecule has 4 rings (SSSR count). The zero-order chi connectivity index (χ0) is 20.2. The number of carbonyl (C=O) groups excluding carboxylic acids is 1. The highest BCUT2D eigenvalue weighted by Gasteiger charge is 2.28. The average Bonchev–Trinajstić information content (AvgIpc) is 3.22. The molecular weight excluding hydrogens is 364 g/mol. The molecule has 7 heteroatoms. The van der Waals surface area contributed by atoms with Crippen molar-refractivity contribution in [3.05, 3.63) is 72.2 Å². The SMILES string of the molecule is CN(C)C(=O)c1cccnc1N1CCC[C@@H](c2nccn2Cc2ccccn2)C1. The Hall–Kier alpha value is -3.22. The van der Waals surface area contributed by atoms with E-state index in [4.69, 9.17) is 0 Å². The maximum Gasteiger partial charge on any atom is 0.257 e. The lowest BCUT2D eigenvalue weighted by molar-refractivity contribution is 0.0827. The van der Waals surface area contributed by atoms with Gasteiger partial charge in [-0.05, 0) is 37.1 Å². The van der Waals surface area contributed by atoms with Crippen LogP contribution >= 0.6 is 0 Å². The fraction of sp³-hybridized carbons (Fsp3) is 0.364. The van der Waals surface area contributed by atoms with Crippen LogP contribution in [0.5, 0.6) is 0 Å². The summed E-state index contributed by atoms with van der Waals surface area (Å²) in [6, 6.07) is 9.64. The highest BCUT2D eigenvalue weighted by atomic mass is 16.2. The Labute approximate surface area is 171 Å². The molecule has 1 aliphatic heterocycles. The standard InChI is InChI=1S/C22H26N6O/c1-26(2)22(29)19-9-5-11-24-21(19)27-13-6-7-17(15-27)20-25-12-14-28(20)16-18-8-3-4-10-23-18/h3-5,8-12,14,17H,6-7,13,15-16H2,1-2H3/t17-/m1/s1. The number of hydrogen-bond donors (Lipinski definition) is 0. The van der Waals surface area contributed by atoms with E-state index in [1.54, 1.807) is 25.2 Å². The van der Waals surface area contributed by atoms with Gasteiger partial charge in [-0.15, -0.1) is 0 Å². The Balaban J connectivity index is 1.57. The molecule has 0 aliphatic carbocycles. The Morgan fingerprint density at radius 1 is 1.10 bits per heavy atom. The second kappa shape index (κ2) is 8.43. The molecule has 0 unspecified atom stereocenters. The van der Waals surface area contributed by atoms with Crippen molar-refractivity contribution in [1.82, 2.24) is 24.4 Å². The van der Waals surface area contributed by atoms with Gasteiger partial charge in [0, 0.05) is 57.9 Å². The highest BCUT2D eigenvalue weighted by Crippen LogP contribution is 2.30. The molecule has 1 saturated heterocycles. The predicted molar refractivity (Wildman–Crippen MR) is 112 cm³/mol. The fourth-order valence-corrected chi connectivity index (χ4v) is 3.92. The summed E-state index contributed by atoms with van der Waals surface area (Å²) in [4.78, 5) is 30.1. The third kappa shape index (κ3) is 4.13. The van der Waals surface area contributed by atoms with E-state index in [-0.39, 0.29) is 11.8 Å². The quantitative estimate of drug-likeness (QED) is 0.670. The summed E-state index contributed by atoms with van der Waals surface area (Å²) >= 11 is 0. The van der Waals surface area contributed by atoms with E-state index in [9.17, 15) is 4.79 Å². The lowest BCUT2D eigenvalue weighted by Crippen LogP contribution is -2.37. The van der Waals surface area contributed by atoms with E-state index < -0.39 is 0 Å². The molecule has 0 N–H and O–H groups in total. The lowest BCUT2D eigenvalue weighted by atomic mass is 9.96. The van der Waals surface area contributed by atoms with Crippen LogP contribution in [0.4, 0.5) is 5.82 Å². The molecule has 1 fully saturated rings. The zero-order valence-corrected chi connectivity index (χ0v) is 16.9. The van der Waals surface area contributed by atoms with E-state index in [2.05, 4.69) is 24.4 Å². The van der Waals surface area contributed by atoms with E-state index in [0.29, 0.717) is 12.1 Å². The van der Waals surface area contributed by atoms with Crippen LogP contribution in [0.2, 0.25) is 0 Å². The Morgan fingerprint density at radius 3 is 2.76 bits per heavy atom. The van der Waals surface area contributed by atoms with E-state index >= 15 is 0 Å². The van der Waals surface area contributed by atoms with E-state index in [0.717, 1.165) is 43.3 Å². The Bertz CT molecular complexity index is 968. The average molecular weight is 390 g/mol. The Kier molecular flexibility index (Phi) is 5.55. The molecule has 150 valence electrons. The zero-order valence-electron chi connectivity index (χ0n) is 16.9. The first kappa shape index (κ1) is 19.1. The highest BCUT2D eigenvalue weighted by molar-refractivity contribution is 5.98. The minimum atomic E-state index is -0.0214. The molecule has 1 atom stereocenters. The first-order chi connectivity index (χ1) is 14.1. The van der Waals surface area contributed by atoms with Gasteiger partial charge < -0.3 is 14.4 Å². The van der Waals surface area contributed by atoms with Gasteiger partial charge >= 0.3 is 0 Å². The van der Waals surface area contributed by atoms with Gasteiger partial charge in [-0.25, -0.2) is 9.97 Å². The van der Waals surface area contributed by atoms with Crippen LogP contribution in [0.15, 0.2) is 55.1 Å². The van der Waals surface area contributed by atoms with Crippen LogP contribution in [-0.4, -0.2) is 57.5 Å². The topological polar surface area (TPSA) is 67.2 Å². The molecule has 3 aromatic heterocycles. The van der Waals surface area contributed by atoms with Gasteiger partial charge in [0.1, 0.15) is 11.6 Å². The lowest BCUT2D eigenvalue weighted by Gasteiger charge is -2.34. The first-order valence-electron chi connectivity index (χ1n) is 9.96. The van der Waals surface area contributed by atoms with Crippen LogP contribution < -0.4 is 4.90 Å². The van der Waals surface area contributed by atoms with Gasteiger partial charge in [0.05, 0.1) is 17.8 Å². The number of nitrogens with zero attached hydrogens (tertiary/aromatic N) is 6. The summed E-state index contributed by atoms with van der Waals surface area (Å²) in [5, 5.41) is 0. The molecular formula is C22H26N6O. The van der Waals surface area contributed by atoms with Crippen LogP contribution in [0, 0.1) is 0 Å². The summed E-state index contributed by atoms with van der Waals surface area (Å²) in [5.41, 5.74) is 1.66. The minimum absolute atomic E-state index is 0.0214. The van der Waals surface area contributed by atoms with Gasteiger partial charge in [0.2, 0.25) is 0 Å². The smallest absolute Gasteiger partial charge is 0.257 e. The normalized spacial score (nSPS) is 16.6. The molecule has 4 heterocycles. The van der Waals surface area contributed by atoms with Gasteiger partial charge in [-0.2, -0.15) is 0 Å². The molecule has 0 radical (unpaired) electrons. The van der Waals surface area contributed by atoms with Crippen molar-refractivity contribution in [2.75, 3.05) is 32.1 Å². The minimum Gasteiger partial charge on any atom is -0.355 e. The van der Waals surface area contributed by atoms with Crippen molar-refractivity contribution < 1.29 is 4.79 Å². The number of carbonyl (C=O) groups is 1. The molecule has 29 heavy (non-hydrogen) atoms. The molecule has 0 spiro atoms. The Morgan fingerprint density at radius 2 is 1.97 bits per heavy atom. The molecule has 1 aliphatic rings. The summed E-state index contributed by atoms with van der Waals surface area (Å²) in [5.74, 6) is 2.09. The summed E-state index contributed by atoms with van der Waals surface area (Å²) < 4.78 is 2.18. The number of piperidine rings is 1. The summed E-state index contributed by atoms with van der Waals surface area (Å²) in [6.07, 6.45) is 9.56. The number of anilines is 1. The molecule has 0 saturated carbocycles. The number of aromatic nitrogens is 4. The second-order valence-corrected chi connectivity index (χ2v) is 7.59. The maximum absolute atomic E-state index is 12.6. The molecule has 1 amide bonds. The molecule has 0 aromatic carbocycles. The van der Waals surface area contributed by atoms with Gasteiger partial charge in [-0.1, -0.05) is 6.07 Å². The fourth-order valence-electron chi connectivity index (χ4n) is 3.92. The third-order valence-corrected chi connectivity index (χ3v) is 5.32. The van der Waals surface area contributed by atoms with Crippen LogP contribution in [-0.2, 0) is 6.54 Å². The van der Waals surface area contributed by atoms with E-state index in [1.807, 2.05) is 48.9 Å². The van der Waals surface area contributed by atoms with Gasteiger partial charge in [0.15, 0.2) is 0 Å². The van der Waals surface area contributed by atoms with Crippen molar-refractivity contribution >= 4 is 11.7 Å².